The molecule has 0 amide bonds. The highest BCUT2D eigenvalue weighted by atomic mass is 79.9. The van der Waals surface area contributed by atoms with Crippen LogP contribution in [0.15, 0.2) is 21.2 Å². The third-order valence-corrected chi connectivity index (χ3v) is 4.03. The van der Waals surface area contributed by atoms with Crippen molar-refractivity contribution in [1.29, 1.82) is 0 Å². The molecule has 1 aliphatic heterocycles. The van der Waals surface area contributed by atoms with Gasteiger partial charge in [0.15, 0.2) is 4.67 Å². The van der Waals surface area contributed by atoms with Crippen LogP contribution in [0, 0.1) is 0 Å². The fourth-order valence-electron chi connectivity index (χ4n) is 2.74. The van der Waals surface area contributed by atoms with E-state index in [1.807, 2.05) is 19.1 Å². The highest BCUT2D eigenvalue weighted by molar-refractivity contribution is 9.10. The predicted molar refractivity (Wildman–Crippen MR) is 75.4 cm³/mol. The number of likely N-dealkylation sites (tertiary alicyclic amines) is 1. The van der Waals surface area contributed by atoms with E-state index in [0.717, 1.165) is 29.9 Å². The third kappa shape index (κ3) is 4.11. The molecule has 1 N–H and O–H groups in total. The molecule has 0 saturated carbocycles. The molecular formula is C14H22BrNO2. The zero-order valence-electron chi connectivity index (χ0n) is 10.9. The Bertz CT molecular complexity index is 364. The van der Waals surface area contributed by atoms with Crippen molar-refractivity contribution >= 4 is 15.9 Å². The van der Waals surface area contributed by atoms with E-state index >= 15 is 0 Å². The number of halogens is 1. The summed E-state index contributed by atoms with van der Waals surface area (Å²) in [6, 6.07) is 4.45. The Morgan fingerprint density at radius 1 is 1.44 bits per heavy atom. The average molecular weight is 316 g/mol. The fraction of sp³-hybridized carbons (Fsp3) is 0.714. The number of hydrogen-bond acceptors (Lipinski definition) is 3. The van der Waals surface area contributed by atoms with Gasteiger partial charge in [0.1, 0.15) is 5.76 Å². The second kappa shape index (κ2) is 6.73. The lowest BCUT2D eigenvalue weighted by atomic mass is 10.0. The zero-order valence-corrected chi connectivity index (χ0v) is 12.5. The summed E-state index contributed by atoms with van der Waals surface area (Å²) in [4.78, 5) is 2.46. The summed E-state index contributed by atoms with van der Waals surface area (Å²) in [6.45, 7) is 3.84. The summed E-state index contributed by atoms with van der Waals surface area (Å²) >= 11 is 3.34. The summed E-state index contributed by atoms with van der Waals surface area (Å²) in [5.41, 5.74) is 0. The van der Waals surface area contributed by atoms with Gasteiger partial charge < -0.3 is 9.52 Å². The minimum Gasteiger partial charge on any atom is -0.453 e. The van der Waals surface area contributed by atoms with E-state index < -0.39 is 0 Å². The normalized spacial score (nSPS) is 23.8. The largest absolute Gasteiger partial charge is 0.453 e. The number of aliphatic hydroxyl groups excluding tert-OH is 1. The first-order valence-corrected chi connectivity index (χ1v) is 7.61. The molecule has 1 fully saturated rings. The predicted octanol–water partition coefficient (Wildman–Crippen LogP) is 3.56. The van der Waals surface area contributed by atoms with E-state index in [9.17, 15) is 5.11 Å². The molecule has 0 aliphatic carbocycles. The molecule has 2 unspecified atom stereocenters. The summed E-state index contributed by atoms with van der Waals surface area (Å²) in [5.74, 6) is 0.999. The van der Waals surface area contributed by atoms with Crippen LogP contribution in [-0.2, 0) is 6.54 Å². The summed E-state index contributed by atoms with van der Waals surface area (Å²) in [5, 5.41) is 9.63. The molecule has 1 aromatic rings. The Morgan fingerprint density at radius 3 is 2.94 bits per heavy atom. The summed E-state index contributed by atoms with van der Waals surface area (Å²) in [7, 11) is 0. The van der Waals surface area contributed by atoms with E-state index in [1.54, 1.807) is 0 Å². The van der Waals surface area contributed by atoms with Crippen molar-refractivity contribution in [2.75, 3.05) is 6.54 Å². The molecule has 0 radical (unpaired) electrons. The van der Waals surface area contributed by atoms with Crippen LogP contribution in [0.5, 0.6) is 0 Å². The maximum absolute atomic E-state index is 9.63. The van der Waals surface area contributed by atoms with Gasteiger partial charge in [-0.15, -0.1) is 0 Å². The highest BCUT2D eigenvalue weighted by Gasteiger charge is 2.23. The van der Waals surface area contributed by atoms with Gasteiger partial charge in [-0.2, -0.15) is 0 Å². The van der Waals surface area contributed by atoms with Gasteiger partial charge in [-0.05, 0) is 60.8 Å². The fourth-order valence-corrected chi connectivity index (χ4v) is 3.08. The quantitative estimate of drug-likeness (QED) is 0.923. The molecule has 1 aliphatic rings. The maximum atomic E-state index is 9.63. The standard InChI is InChI=1S/C14H22BrNO2/c1-11(17)9-12-5-3-2-4-8-16(12)10-13-6-7-14(15)18-13/h6-7,11-12,17H,2-5,8-10H2,1H3. The number of furan rings is 1. The summed E-state index contributed by atoms with van der Waals surface area (Å²) in [6.07, 6.45) is 5.65. The smallest absolute Gasteiger partial charge is 0.169 e. The van der Waals surface area contributed by atoms with Crippen molar-refractivity contribution in [3.8, 4) is 0 Å². The van der Waals surface area contributed by atoms with Gasteiger partial charge >= 0.3 is 0 Å². The second-order valence-electron chi connectivity index (χ2n) is 5.26. The monoisotopic (exact) mass is 315 g/mol. The molecule has 1 aromatic heterocycles. The second-order valence-corrected chi connectivity index (χ2v) is 6.05. The third-order valence-electron chi connectivity index (χ3n) is 3.60. The van der Waals surface area contributed by atoms with E-state index in [4.69, 9.17) is 4.42 Å². The van der Waals surface area contributed by atoms with Crippen LogP contribution in [-0.4, -0.2) is 28.7 Å². The topological polar surface area (TPSA) is 36.6 Å². The molecule has 3 nitrogen and oxygen atoms in total. The number of aliphatic hydroxyl groups is 1. The van der Waals surface area contributed by atoms with E-state index in [1.165, 1.54) is 25.7 Å². The van der Waals surface area contributed by atoms with Gasteiger partial charge in [-0.1, -0.05) is 12.8 Å². The average Bonchev–Trinajstić information content (AvgIpc) is 2.58. The van der Waals surface area contributed by atoms with Crippen LogP contribution >= 0.6 is 15.9 Å². The van der Waals surface area contributed by atoms with Crippen LogP contribution < -0.4 is 0 Å². The molecule has 18 heavy (non-hydrogen) atoms. The lowest BCUT2D eigenvalue weighted by Gasteiger charge is -2.30. The first-order valence-electron chi connectivity index (χ1n) is 6.81. The van der Waals surface area contributed by atoms with Gasteiger partial charge in [-0.3, -0.25) is 4.90 Å². The lowest BCUT2D eigenvalue weighted by Crippen LogP contribution is -2.36. The minimum absolute atomic E-state index is 0.223. The highest BCUT2D eigenvalue weighted by Crippen LogP contribution is 2.24. The molecule has 0 bridgehead atoms. The van der Waals surface area contributed by atoms with Crippen LogP contribution in [0.25, 0.3) is 0 Å². The van der Waals surface area contributed by atoms with Crippen molar-refractivity contribution < 1.29 is 9.52 Å². The van der Waals surface area contributed by atoms with E-state index in [0.29, 0.717) is 6.04 Å². The first-order chi connectivity index (χ1) is 8.65. The van der Waals surface area contributed by atoms with E-state index in [2.05, 4.69) is 20.8 Å². The SMILES string of the molecule is CC(O)CC1CCCCCN1Cc1ccc(Br)o1. The number of hydrogen-bond donors (Lipinski definition) is 1. The van der Waals surface area contributed by atoms with Crippen molar-refractivity contribution in [3.05, 3.63) is 22.6 Å². The van der Waals surface area contributed by atoms with Gasteiger partial charge in [0.25, 0.3) is 0 Å². The Kier molecular flexibility index (Phi) is 5.27. The Labute approximate surface area is 117 Å². The van der Waals surface area contributed by atoms with Crippen molar-refractivity contribution in [1.82, 2.24) is 4.90 Å². The molecular weight excluding hydrogens is 294 g/mol. The van der Waals surface area contributed by atoms with Crippen LogP contribution in [0.3, 0.4) is 0 Å². The van der Waals surface area contributed by atoms with Crippen LogP contribution in [0.2, 0.25) is 0 Å². The Balaban J connectivity index is 2.00. The Hall–Kier alpha value is -0.320. The van der Waals surface area contributed by atoms with Crippen molar-refractivity contribution in [3.63, 3.8) is 0 Å². The first kappa shape index (κ1) is 14.1. The van der Waals surface area contributed by atoms with Gasteiger partial charge in [-0.25, -0.2) is 0 Å². The molecule has 4 heteroatoms. The van der Waals surface area contributed by atoms with Gasteiger partial charge in [0.2, 0.25) is 0 Å². The zero-order chi connectivity index (χ0) is 13.0. The van der Waals surface area contributed by atoms with Gasteiger partial charge in [0.05, 0.1) is 12.6 Å². The van der Waals surface area contributed by atoms with Gasteiger partial charge in [0, 0.05) is 6.04 Å². The molecule has 2 heterocycles. The lowest BCUT2D eigenvalue weighted by molar-refractivity contribution is 0.103. The number of nitrogens with zero attached hydrogens (tertiary/aromatic N) is 1. The molecule has 0 aromatic carbocycles. The molecule has 2 rings (SSSR count). The molecule has 1 saturated heterocycles. The van der Waals surface area contributed by atoms with Crippen molar-refractivity contribution in [2.45, 2.75) is 57.7 Å². The molecule has 0 spiro atoms. The van der Waals surface area contributed by atoms with E-state index in [-0.39, 0.29) is 6.10 Å². The molecule has 2 atom stereocenters. The van der Waals surface area contributed by atoms with Crippen molar-refractivity contribution in [2.24, 2.45) is 0 Å². The molecule has 102 valence electrons. The maximum Gasteiger partial charge on any atom is 0.169 e. The minimum atomic E-state index is -0.223. The van der Waals surface area contributed by atoms with Crippen LogP contribution in [0.4, 0.5) is 0 Å². The Morgan fingerprint density at radius 2 is 2.28 bits per heavy atom. The number of rotatable bonds is 4. The van der Waals surface area contributed by atoms with Crippen LogP contribution in [0.1, 0.15) is 44.8 Å². The summed E-state index contributed by atoms with van der Waals surface area (Å²) < 4.78 is 6.38.